The molecule has 0 bridgehead atoms. The van der Waals surface area contributed by atoms with Crippen LogP contribution < -0.4 is 5.32 Å². The molecule has 1 N–H and O–H groups in total. The van der Waals surface area contributed by atoms with Gasteiger partial charge in [0.05, 0.1) is 5.92 Å². The smallest absolute Gasteiger partial charge is 0.281 e. The van der Waals surface area contributed by atoms with Crippen LogP contribution in [0.2, 0.25) is 0 Å². The van der Waals surface area contributed by atoms with Crippen LogP contribution in [0.5, 0.6) is 0 Å². The average molecular weight is 343 g/mol. The highest BCUT2D eigenvalue weighted by Crippen LogP contribution is 2.21. The molecule has 0 aromatic heterocycles. The minimum Gasteiger partial charge on any atom is -0.356 e. The summed E-state index contributed by atoms with van der Waals surface area (Å²) in [5.74, 6) is -0.251. The summed E-state index contributed by atoms with van der Waals surface area (Å²) >= 11 is 0. The van der Waals surface area contributed by atoms with E-state index in [1.807, 2.05) is 0 Å². The molecule has 0 aromatic carbocycles. The number of amides is 1. The SMILES string of the molecule is CN(C)S(=O)(=O)N1CCC[C@H](C(=O)NCCC2=CCCCC2)C1. The van der Waals surface area contributed by atoms with Crippen molar-refractivity contribution in [1.82, 2.24) is 13.9 Å². The number of piperidine rings is 1. The number of carbonyl (C=O) groups is 1. The van der Waals surface area contributed by atoms with E-state index in [9.17, 15) is 13.2 Å². The van der Waals surface area contributed by atoms with Gasteiger partial charge in [-0.05, 0) is 44.9 Å². The molecule has 0 spiro atoms. The van der Waals surface area contributed by atoms with Gasteiger partial charge in [-0.1, -0.05) is 11.6 Å². The first kappa shape index (κ1) is 18.4. The number of nitrogens with one attached hydrogen (secondary N) is 1. The first-order valence-corrected chi connectivity index (χ1v) is 9.94. The van der Waals surface area contributed by atoms with E-state index in [-0.39, 0.29) is 18.4 Å². The summed E-state index contributed by atoms with van der Waals surface area (Å²) in [7, 11) is -0.377. The van der Waals surface area contributed by atoms with E-state index in [0.717, 1.165) is 32.1 Å². The lowest BCUT2D eigenvalue weighted by Crippen LogP contribution is -2.48. The van der Waals surface area contributed by atoms with Gasteiger partial charge in [0, 0.05) is 33.7 Å². The van der Waals surface area contributed by atoms with Crippen LogP contribution >= 0.6 is 0 Å². The number of nitrogens with zero attached hydrogens (tertiary/aromatic N) is 2. The fraction of sp³-hybridized carbons (Fsp3) is 0.812. The Balaban J connectivity index is 1.81. The molecule has 1 heterocycles. The van der Waals surface area contributed by atoms with Gasteiger partial charge in [-0.25, -0.2) is 0 Å². The minimum absolute atomic E-state index is 0.0138. The number of allylic oxidation sites excluding steroid dienone is 1. The highest BCUT2D eigenvalue weighted by Gasteiger charge is 2.33. The van der Waals surface area contributed by atoms with Crippen LogP contribution in [0.3, 0.4) is 0 Å². The molecule has 1 atom stereocenters. The third-order valence-electron chi connectivity index (χ3n) is 4.67. The summed E-state index contributed by atoms with van der Waals surface area (Å²) in [5.41, 5.74) is 1.44. The van der Waals surface area contributed by atoms with Gasteiger partial charge in [-0.15, -0.1) is 0 Å². The molecular weight excluding hydrogens is 314 g/mol. The molecule has 1 aliphatic heterocycles. The Morgan fingerprint density at radius 2 is 2.13 bits per heavy atom. The van der Waals surface area contributed by atoms with Crippen LogP contribution in [0.4, 0.5) is 0 Å². The summed E-state index contributed by atoms with van der Waals surface area (Å²) in [6.45, 7) is 1.44. The zero-order chi connectivity index (χ0) is 16.9. The summed E-state index contributed by atoms with van der Waals surface area (Å²) in [6.07, 6.45) is 9.52. The summed E-state index contributed by atoms with van der Waals surface area (Å²) in [4.78, 5) is 12.3. The first-order chi connectivity index (χ1) is 10.9. The number of rotatable bonds is 6. The van der Waals surface area contributed by atoms with Crippen molar-refractivity contribution in [2.24, 2.45) is 5.92 Å². The van der Waals surface area contributed by atoms with E-state index in [1.165, 1.54) is 41.1 Å². The van der Waals surface area contributed by atoms with Gasteiger partial charge in [-0.3, -0.25) is 4.79 Å². The zero-order valence-electron chi connectivity index (χ0n) is 14.3. The van der Waals surface area contributed by atoms with Gasteiger partial charge in [0.2, 0.25) is 5.91 Å². The van der Waals surface area contributed by atoms with Gasteiger partial charge in [0.15, 0.2) is 0 Å². The van der Waals surface area contributed by atoms with Crippen molar-refractivity contribution >= 4 is 16.1 Å². The van der Waals surface area contributed by atoms with Crippen molar-refractivity contribution < 1.29 is 13.2 Å². The van der Waals surface area contributed by atoms with E-state index in [1.54, 1.807) is 0 Å². The fourth-order valence-electron chi connectivity index (χ4n) is 3.22. The Labute approximate surface area is 140 Å². The van der Waals surface area contributed by atoms with Gasteiger partial charge >= 0.3 is 0 Å². The molecule has 1 amide bonds. The van der Waals surface area contributed by atoms with Crippen molar-refractivity contribution in [2.45, 2.75) is 44.9 Å². The lowest BCUT2D eigenvalue weighted by atomic mass is 9.96. The van der Waals surface area contributed by atoms with Crippen LogP contribution in [0.25, 0.3) is 0 Å². The molecule has 0 saturated carbocycles. The second-order valence-electron chi connectivity index (χ2n) is 6.64. The number of hydrogen-bond donors (Lipinski definition) is 1. The van der Waals surface area contributed by atoms with E-state index in [4.69, 9.17) is 0 Å². The summed E-state index contributed by atoms with van der Waals surface area (Å²) < 4.78 is 27.0. The molecule has 2 rings (SSSR count). The molecule has 1 aliphatic carbocycles. The van der Waals surface area contributed by atoms with E-state index < -0.39 is 10.2 Å². The number of hydrogen-bond acceptors (Lipinski definition) is 3. The van der Waals surface area contributed by atoms with E-state index in [0.29, 0.717) is 13.1 Å². The molecule has 2 aliphatic rings. The van der Waals surface area contributed by atoms with Crippen LogP contribution in [0.1, 0.15) is 44.9 Å². The normalized spacial score (nSPS) is 23.6. The second-order valence-corrected chi connectivity index (χ2v) is 8.78. The highest BCUT2D eigenvalue weighted by molar-refractivity contribution is 7.86. The van der Waals surface area contributed by atoms with Gasteiger partial charge in [0.25, 0.3) is 10.2 Å². The van der Waals surface area contributed by atoms with Gasteiger partial charge in [-0.2, -0.15) is 17.0 Å². The molecule has 0 unspecified atom stereocenters. The largest absolute Gasteiger partial charge is 0.356 e. The molecule has 1 saturated heterocycles. The van der Waals surface area contributed by atoms with Crippen LogP contribution in [0, 0.1) is 5.92 Å². The second kappa shape index (κ2) is 8.26. The van der Waals surface area contributed by atoms with Gasteiger partial charge < -0.3 is 5.32 Å². The fourth-order valence-corrected chi connectivity index (χ4v) is 4.41. The van der Waals surface area contributed by atoms with Crippen molar-refractivity contribution in [3.8, 4) is 0 Å². The Morgan fingerprint density at radius 1 is 1.35 bits per heavy atom. The average Bonchev–Trinajstić information content (AvgIpc) is 2.55. The van der Waals surface area contributed by atoms with Crippen LogP contribution in [-0.4, -0.2) is 56.7 Å². The summed E-state index contributed by atoms with van der Waals surface area (Å²) in [6, 6.07) is 0. The third kappa shape index (κ3) is 5.02. The van der Waals surface area contributed by atoms with Crippen LogP contribution in [-0.2, 0) is 15.0 Å². The van der Waals surface area contributed by atoms with Gasteiger partial charge in [0.1, 0.15) is 0 Å². The molecule has 1 fully saturated rings. The standard InChI is InChI=1S/C16H29N3O3S/c1-18(2)23(21,22)19-12-6-9-15(13-19)16(20)17-11-10-14-7-4-3-5-8-14/h7,15H,3-6,8-13H2,1-2H3,(H,17,20)/t15-/m0/s1. The third-order valence-corrected chi connectivity index (χ3v) is 6.58. The Morgan fingerprint density at radius 3 is 2.78 bits per heavy atom. The topological polar surface area (TPSA) is 69.7 Å². The highest BCUT2D eigenvalue weighted by atomic mass is 32.2. The van der Waals surface area contributed by atoms with E-state index in [2.05, 4.69) is 11.4 Å². The van der Waals surface area contributed by atoms with Crippen LogP contribution in [0.15, 0.2) is 11.6 Å². The maximum atomic E-state index is 12.3. The predicted molar refractivity (Wildman–Crippen MR) is 91.1 cm³/mol. The molecule has 0 aromatic rings. The maximum Gasteiger partial charge on any atom is 0.281 e. The molecular formula is C16H29N3O3S. The molecule has 7 heteroatoms. The first-order valence-electron chi connectivity index (χ1n) is 8.54. The quantitative estimate of drug-likeness (QED) is 0.743. The predicted octanol–water partition coefficient (Wildman–Crippen LogP) is 1.51. The summed E-state index contributed by atoms with van der Waals surface area (Å²) in [5, 5.41) is 2.99. The molecule has 23 heavy (non-hydrogen) atoms. The van der Waals surface area contributed by atoms with Crippen molar-refractivity contribution in [3.63, 3.8) is 0 Å². The lowest BCUT2D eigenvalue weighted by molar-refractivity contribution is -0.126. The Hall–Kier alpha value is -0.920. The van der Waals surface area contributed by atoms with Crippen molar-refractivity contribution in [2.75, 3.05) is 33.7 Å². The number of carbonyl (C=O) groups excluding carboxylic acids is 1. The van der Waals surface area contributed by atoms with E-state index >= 15 is 0 Å². The zero-order valence-corrected chi connectivity index (χ0v) is 15.1. The Kier molecular flexibility index (Phi) is 6.61. The monoisotopic (exact) mass is 343 g/mol. The lowest BCUT2D eigenvalue weighted by Gasteiger charge is -2.32. The van der Waals surface area contributed by atoms with Crippen molar-refractivity contribution in [3.05, 3.63) is 11.6 Å². The molecule has 0 radical (unpaired) electrons. The molecule has 6 nitrogen and oxygen atoms in total. The Bertz CT molecular complexity index is 543. The maximum absolute atomic E-state index is 12.3. The van der Waals surface area contributed by atoms with Crippen molar-refractivity contribution in [1.29, 1.82) is 0 Å². The molecule has 132 valence electrons. The minimum atomic E-state index is -3.43.